The van der Waals surface area contributed by atoms with E-state index in [0.717, 1.165) is 22.5 Å². The molecule has 0 N–H and O–H groups in total. The van der Waals surface area contributed by atoms with Crippen molar-refractivity contribution in [3.8, 4) is 0 Å². The first-order valence-electron chi connectivity index (χ1n) is 9.46. The first-order chi connectivity index (χ1) is 13.0. The lowest BCUT2D eigenvalue weighted by Gasteiger charge is -2.24. The Balaban J connectivity index is 2.05. The fourth-order valence-corrected chi connectivity index (χ4v) is 4.66. The van der Waals surface area contributed by atoms with E-state index in [0.29, 0.717) is 6.42 Å². The third-order valence-electron chi connectivity index (χ3n) is 5.10. The predicted octanol–water partition coefficient (Wildman–Crippen LogP) is 4.60. The second-order valence-electron chi connectivity index (χ2n) is 8.59. The first kappa shape index (κ1) is 20.4. The standard InChI is InChI=1S/C22H29N3O2S/c1-16-7-13-19(14-8-16)28(26,27)25-20(15-21(23-25)22(2,3)4)17-9-11-18(12-10-17)24(5)6/h7-14,20H,15H2,1-6H3/t20-/m0/s1. The third-order valence-corrected chi connectivity index (χ3v) is 6.79. The summed E-state index contributed by atoms with van der Waals surface area (Å²) in [5, 5.41) is 4.60. The Morgan fingerprint density at radius 3 is 2.07 bits per heavy atom. The molecule has 2 aromatic rings. The van der Waals surface area contributed by atoms with Gasteiger partial charge in [-0.25, -0.2) is 0 Å². The molecule has 0 fully saturated rings. The number of rotatable bonds is 4. The number of benzene rings is 2. The molecule has 0 unspecified atom stereocenters. The number of hydrogen-bond acceptors (Lipinski definition) is 4. The van der Waals surface area contributed by atoms with Gasteiger partial charge in [-0.3, -0.25) is 0 Å². The molecule has 0 radical (unpaired) electrons. The summed E-state index contributed by atoms with van der Waals surface area (Å²) in [6.45, 7) is 8.15. The molecule has 28 heavy (non-hydrogen) atoms. The number of hydrogen-bond donors (Lipinski definition) is 0. The Labute approximate surface area is 168 Å². The average Bonchev–Trinajstić information content (AvgIpc) is 3.09. The monoisotopic (exact) mass is 399 g/mol. The summed E-state index contributed by atoms with van der Waals surface area (Å²) >= 11 is 0. The smallest absolute Gasteiger partial charge is 0.279 e. The van der Waals surface area contributed by atoms with Crippen LogP contribution in [0.1, 0.15) is 44.4 Å². The number of anilines is 1. The van der Waals surface area contributed by atoms with Crippen LogP contribution in [0.25, 0.3) is 0 Å². The van der Waals surface area contributed by atoms with Crippen LogP contribution in [0.4, 0.5) is 5.69 Å². The average molecular weight is 400 g/mol. The minimum atomic E-state index is -3.74. The largest absolute Gasteiger partial charge is 0.378 e. The van der Waals surface area contributed by atoms with Crippen molar-refractivity contribution in [3.05, 3.63) is 59.7 Å². The maximum absolute atomic E-state index is 13.4. The van der Waals surface area contributed by atoms with E-state index in [1.807, 2.05) is 62.3 Å². The molecular formula is C22H29N3O2S. The molecule has 2 aromatic carbocycles. The van der Waals surface area contributed by atoms with Crippen molar-refractivity contribution in [2.75, 3.05) is 19.0 Å². The van der Waals surface area contributed by atoms with Gasteiger partial charge in [-0.1, -0.05) is 50.6 Å². The second kappa shape index (κ2) is 7.24. The van der Waals surface area contributed by atoms with Gasteiger partial charge in [-0.05, 0) is 36.8 Å². The van der Waals surface area contributed by atoms with Gasteiger partial charge in [-0.15, -0.1) is 0 Å². The van der Waals surface area contributed by atoms with E-state index >= 15 is 0 Å². The quantitative estimate of drug-likeness (QED) is 0.755. The molecular weight excluding hydrogens is 370 g/mol. The van der Waals surface area contributed by atoms with Crippen LogP contribution in [0.3, 0.4) is 0 Å². The molecule has 3 rings (SSSR count). The minimum absolute atomic E-state index is 0.195. The van der Waals surface area contributed by atoms with Crippen molar-refractivity contribution in [1.82, 2.24) is 4.41 Å². The minimum Gasteiger partial charge on any atom is -0.378 e. The molecule has 1 aliphatic rings. The van der Waals surface area contributed by atoms with Gasteiger partial charge in [0.2, 0.25) is 0 Å². The lowest BCUT2D eigenvalue weighted by Crippen LogP contribution is -2.27. The van der Waals surface area contributed by atoms with E-state index in [4.69, 9.17) is 0 Å². The summed E-state index contributed by atoms with van der Waals surface area (Å²) in [5.41, 5.74) is 3.75. The molecule has 150 valence electrons. The van der Waals surface area contributed by atoms with Crippen LogP contribution in [0.15, 0.2) is 58.5 Å². The molecule has 0 saturated carbocycles. The second-order valence-corrected chi connectivity index (χ2v) is 10.4. The molecule has 1 atom stereocenters. The van der Waals surface area contributed by atoms with Gasteiger partial charge in [0.25, 0.3) is 10.0 Å². The summed E-state index contributed by atoms with van der Waals surface area (Å²) < 4.78 is 28.1. The van der Waals surface area contributed by atoms with Crippen molar-refractivity contribution in [3.63, 3.8) is 0 Å². The zero-order valence-corrected chi connectivity index (χ0v) is 18.3. The highest BCUT2D eigenvalue weighted by atomic mass is 32.2. The Kier molecular flexibility index (Phi) is 5.28. The molecule has 1 heterocycles. The van der Waals surface area contributed by atoms with Crippen LogP contribution in [0.5, 0.6) is 0 Å². The summed E-state index contributed by atoms with van der Waals surface area (Å²) in [5.74, 6) is 0. The van der Waals surface area contributed by atoms with Crippen LogP contribution in [0, 0.1) is 12.3 Å². The van der Waals surface area contributed by atoms with E-state index in [1.54, 1.807) is 12.1 Å². The molecule has 0 aromatic heterocycles. The molecule has 6 heteroatoms. The Bertz CT molecular complexity index is 970. The summed E-state index contributed by atoms with van der Waals surface area (Å²) in [6.07, 6.45) is 0.593. The number of hydrazone groups is 1. The lowest BCUT2D eigenvalue weighted by molar-refractivity contribution is 0.371. The van der Waals surface area contributed by atoms with Crippen LogP contribution in [-0.2, 0) is 10.0 Å². The fourth-order valence-electron chi connectivity index (χ4n) is 3.23. The molecule has 0 amide bonds. The van der Waals surface area contributed by atoms with Gasteiger partial charge < -0.3 is 4.90 Å². The van der Waals surface area contributed by atoms with Gasteiger partial charge in [-0.2, -0.15) is 17.9 Å². The molecule has 1 aliphatic heterocycles. The highest BCUT2D eigenvalue weighted by Gasteiger charge is 2.40. The summed E-state index contributed by atoms with van der Waals surface area (Å²) in [7, 11) is 0.234. The SMILES string of the molecule is Cc1ccc(S(=O)(=O)N2N=C(C(C)(C)C)C[C@H]2c2ccc(N(C)C)cc2)cc1. The van der Waals surface area contributed by atoms with Crippen LogP contribution in [-0.4, -0.2) is 32.6 Å². The highest BCUT2D eigenvalue weighted by Crippen LogP contribution is 2.40. The highest BCUT2D eigenvalue weighted by molar-refractivity contribution is 7.89. The third kappa shape index (κ3) is 3.92. The molecule has 0 spiro atoms. The Morgan fingerprint density at radius 1 is 1.00 bits per heavy atom. The number of sulfonamides is 1. The van der Waals surface area contributed by atoms with Crippen molar-refractivity contribution < 1.29 is 8.42 Å². The van der Waals surface area contributed by atoms with Gasteiger partial charge in [0.05, 0.1) is 10.9 Å². The van der Waals surface area contributed by atoms with Crippen LogP contribution >= 0.6 is 0 Å². The van der Waals surface area contributed by atoms with Crippen molar-refractivity contribution in [2.45, 2.75) is 45.1 Å². The summed E-state index contributed by atoms with van der Waals surface area (Å²) in [4.78, 5) is 2.29. The van der Waals surface area contributed by atoms with Crippen molar-refractivity contribution in [1.29, 1.82) is 0 Å². The summed E-state index contributed by atoms with van der Waals surface area (Å²) in [6, 6.07) is 14.6. The zero-order valence-electron chi connectivity index (χ0n) is 17.5. The van der Waals surface area contributed by atoms with E-state index < -0.39 is 10.0 Å². The Morgan fingerprint density at radius 2 is 1.57 bits per heavy atom. The van der Waals surface area contributed by atoms with Gasteiger partial charge in [0, 0.05) is 37.3 Å². The van der Waals surface area contributed by atoms with E-state index in [2.05, 4.69) is 25.9 Å². The topological polar surface area (TPSA) is 53.0 Å². The molecule has 0 aliphatic carbocycles. The van der Waals surface area contributed by atoms with Gasteiger partial charge in [0.15, 0.2) is 0 Å². The number of nitrogens with zero attached hydrogens (tertiary/aromatic N) is 3. The molecule has 5 nitrogen and oxygen atoms in total. The van der Waals surface area contributed by atoms with Crippen molar-refractivity contribution >= 4 is 21.4 Å². The maximum Gasteiger partial charge on any atom is 0.279 e. The maximum atomic E-state index is 13.4. The van der Waals surface area contributed by atoms with E-state index in [9.17, 15) is 8.42 Å². The predicted molar refractivity (Wildman–Crippen MR) is 115 cm³/mol. The zero-order chi connectivity index (χ0) is 20.7. The van der Waals surface area contributed by atoms with Gasteiger partial charge >= 0.3 is 0 Å². The van der Waals surface area contributed by atoms with Gasteiger partial charge in [0.1, 0.15) is 0 Å². The van der Waals surface area contributed by atoms with Crippen LogP contribution in [0.2, 0.25) is 0 Å². The normalized spacial score (nSPS) is 17.6. The number of aryl methyl sites for hydroxylation is 1. The molecule has 0 bridgehead atoms. The van der Waals surface area contributed by atoms with E-state index in [1.165, 1.54) is 4.41 Å². The van der Waals surface area contributed by atoms with E-state index in [-0.39, 0.29) is 16.4 Å². The first-order valence-corrected chi connectivity index (χ1v) is 10.9. The fraction of sp³-hybridized carbons (Fsp3) is 0.409. The van der Waals surface area contributed by atoms with Crippen molar-refractivity contribution in [2.24, 2.45) is 10.5 Å². The van der Waals surface area contributed by atoms with Crippen LogP contribution < -0.4 is 4.90 Å². The Hall–Kier alpha value is -2.34. The lowest BCUT2D eigenvalue weighted by atomic mass is 9.86. The molecule has 0 saturated heterocycles.